The van der Waals surface area contributed by atoms with E-state index in [1.54, 1.807) is 17.2 Å². The molecule has 0 saturated heterocycles. The molecule has 1 amide bonds. The molecular formula is C17H19F2NO3. The number of ether oxygens (including phenoxy) is 2. The fourth-order valence-corrected chi connectivity index (χ4v) is 3.08. The fourth-order valence-electron chi connectivity index (χ4n) is 3.08. The molecule has 1 fully saturated rings. The number of carbonyl (C=O) groups is 1. The molecule has 1 aromatic carbocycles. The standard InChI is InChI=1S/C17H19F2NO3/c1-22-12-9-13(23-2)16(19)14(15(12)18)11-7-4-8-20(17(11)21)10-5-3-6-10/h4,8-11H,3,5-7H2,1-2H3. The Morgan fingerprint density at radius 3 is 2.22 bits per heavy atom. The molecule has 2 aliphatic rings. The van der Waals surface area contributed by atoms with Crippen LogP contribution in [-0.4, -0.2) is 31.1 Å². The lowest BCUT2D eigenvalue weighted by Crippen LogP contribution is -2.44. The number of nitrogens with zero attached hydrogens (tertiary/aromatic N) is 1. The average Bonchev–Trinajstić information content (AvgIpc) is 2.49. The van der Waals surface area contributed by atoms with Crippen LogP contribution in [0.3, 0.4) is 0 Å². The number of carbonyl (C=O) groups excluding carboxylic acids is 1. The highest BCUT2D eigenvalue weighted by Gasteiger charge is 2.38. The Kier molecular flexibility index (Phi) is 4.24. The van der Waals surface area contributed by atoms with Crippen LogP contribution in [0.1, 0.15) is 37.2 Å². The molecule has 1 aliphatic carbocycles. The summed E-state index contributed by atoms with van der Waals surface area (Å²) in [5.41, 5.74) is -0.278. The van der Waals surface area contributed by atoms with Crippen LogP contribution < -0.4 is 9.47 Å². The second-order valence-electron chi connectivity index (χ2n) is 5.83. The summed E-state index contributed by atoms with van der Waals surface area (Å²) in [5.74, 6) is -3.11. The Bertz CT molecular complexity index is 627. The molecule has 1 unspecified atom stereocenters. The maximum Gasteiger partial charge on any atom is 0.234 e. The molecule has 23 heavy (non-hydrogen) atoms. The lowest BCUT2D eigenvalue weighted by molar-refractivity contribution is -0.134. The second-order valence-corrected chi connectivity index (χ2v) is 5.83. The molecule has 1 atom stereocenters. The number of allylic oxidation sites excluding steroid dienone is 1. The van der Waals surface area contributed by atoms with Gasteiger partial charge in [-0.15, -0.1) is 0 Å². The number of halogens is 2. The average molecular weight is 323 g/mol. The number of hydrogen-bond acceptors (Lipinski definition) is 3. The molecule has 1 heterocycles. The molecule has 6 heteroatoms. The van der Waals surface area contributed by atoms with Crippen molar-refractivity contribution in [2.75, 3.05) is 14.2 Å². The number of methoxy groups -OCH3 is 2. The van der Waals surface area contributed by atoms with E-state index in [4.69, 9.17) is 9.47 Å². The Morgan fingerprint density at radius 1 is 1.13 bits per heavy atom. The largest absolute Gasteiger partial charge is 0.494 e. The zero-order valence-corrected chi connectivity index (χ0v) is 13.1. The molecule has 1 aromatic rings. The van der Waals surface area contributed by atoms with E-state index in [9.17, 15) is 13.6 Å². The Hall–Kier alpha value is -2.11. The topological polar surface area (TPSA) is 38.8 Å². The summed E-state index contributed by atoms with van der Waals surface area (Å²) in [6.45, 7) is 0. The van der Waals surface area contributed by atoms with Crippen molar-refractivity contribution in [2.24, 2.45) is 0 Å². The van der Waals surface area contributed by atoms with Crippen LogP contribution in [0.5, 0.6) is 11.5 Å². The van der Waals surface area contributed by atoms with E-state index in [0.29, 0.717) is 0 Å². The zero-order chi connectivity index (χ0) is 16.6. The van der Waals surface area contributed by atoms with Gasteiger partial charge in [0.1, 0.15) is 0 Å². The number of rotatable bonds is 4. The lowest BCUT2D eigenvalue weighted by Gasteiger charge is -2.39. The van der Waals surface area contributed by atoms with Crippen LogP contribution in [-0.2, 0) is 4.79 Å². The van der Waals surface area contributed by atoms with Gasteiger partial charge in [0.05, 0.1) is 20.1 Å². The highest BCUT2D eigenvalue weighted by atomic mass is 19.1. The van der Waals surface area contributed by atoms with Gasteiger partial charge in [-0.1, -0.05) is 6.08 Å². The zero-order valence-electron chi connectivity index (χ0n) is 13.1. The molecule has 3 rings (SSSR count). The van der Waals surface area contributed by atoms with Gasteiger partial charge in [-0.2, -0.15) is 0 Å². The molecule has 0 aromatic heterocycles. The third-order valence-electron chi connectivity index (χ3n) is 4.61. The third-order valence-corrected chi connectivity index (χ3v) is 4.61. The Morgan fingerprint density at radius 2 is 1.74 bits per heavy atom. The van der Waals surface area contributed by atoms with Gasteiger partial charge >= 0.3 is 0 Å². The summed E-state index contributed by atoms with van der Waals surface area (Å²) >= 11 is 0. The first kappa shape index (κ1) is 15.8. The molecule has 0 radical (unpaired) electrons. The van der Waals surface area contributed by atoms with E-state index < -0.39 is 17.6 Å². The van der Waals surface area contributed by atoms with Gasteiger partial charge in [0.25, 0.3) is 0 Å². The quantitative estimate of drug-likeness (QED) is 0.853. The molecule has 1 aliphatic heterocycles. The van der Waals surface area contributed by atoms with E-state index in [1.807, 2.05) is 0 Å². The minimum Gasteiger partial charge on any atom is -0.494 e. The van der Waals surface area contributed by atoms with E-state index in [-0.39, 0.29) is 35.4 Å². The minimum absolute atomic E-state index is 0.129. The van der Waals surface area contributed by atoms with Gasteiger partial charge in [0, 0.05) is 23.9 Å². The highest BCUT2D eigenvalue weighted by Crippen LogP contribution is 2.40. The maximum atomic E-state index is 14.6. The first-order valence-electron chi connectivity index (χ1n) is 7.67. The first-order valence-corrected chi connectivity index (χ1v) is 7.67. The molecular weight excluding hydrogens is 304 g/mol. The third kappa shape index (κ3) is 2.56. The fraction of sp³-hybridized carbons (Fsp3) is 0.471. The summed E-state index contributed by atoms with van der Waals surface area (Å²) in [4.78, 5) is 14.3. The number of hydrogen-bond donors (Lipinski definition) is 0. The second kappa shape index (κ2) is 6.18. The maximum absolute atomic E-state index is 14.6. The van der Waals surface area contributed by atoms with E-state index >= 15 is 0 Å². The highest BCUT2D eigenvalue weighted by molar-refractivity contribution is 5.86. The predicted molar refractivity (Wildman–Crippen MR) is 80.4 cm³/mol. The van der Waals surface area contributed by atoms with Crippen LogP contribution in [0.15, 0.2) is 18.3 Å². The van der Waals surface area contributed by atoms with Gasteiger partial charge in [0.15, 0.2) is 23.1 Å². The van der Waals surface area contributed by atoms with Crippen LogP contribution in [0.25, 0.3) is 0 Å². The molecule has 0 N–H and O–H groups in total. The van der Waals surface area contributed by atoms with Crippen molar-refractivity contribution in [3.63, 3.8) is 0 Å². The van der Waals surface area contributed by atoms with Gasteiger partial charge in [-0.05, 0) is 25.7 Å². The van der Waals surface area contributed by atoms with Crippen molar-refractivity contribution < 1.29 is 23.0 Å². The number of benzene rings is 1. The van der Waals surface area contributed by atoms with Crippen LogP contribution in [0, 0.1) is 11.6 Å². The van der Waals surface area contributed by atoms with Gasteiger partial charge in [-0.3, -0.25) is 4.79 Å². The summed E-state index contributed by atoms with van der Waals surface area (Å²) in [7, 11) is 2.59. The molecule has 4 nitrogen and oxygen atoms in total. The van der Waals surface area contributed by atoms with Crippen LogP contribution in [0.2, 0.25) is 0 Å². The minimum atomic E-state index is -0.899. The monoisotopic (exact) mass is 323 g/mol. The summed E-state index contributed by atoms with van der Waals surface area (Å²) in [6, 6.07) is 1.29. The molecule has 0 bridgehead atoms. The van der Waals surface area contributed by atoms with Crippen molar-refractivity contribution >= 4 is 5.91 Å². The normalized spacial score (nSPS) is 21.3. The van der Waals surface area contributed by atoms with Gasteiger partial charge in [-0.25, -0.2) is 8.78 Å². The predicted octanol–water partition coefficient (Wildman–Crippen LogP) is 3.36. The van der Waals surface area contributed by atoms with E-state index in [1.165, 1.54) is 14.2 Å². The van der Waals surface area contributed by atoms with Crippen molar-refractivity contribution in [3.05, 3.63) is 35.5 Å². The number of amides is 1. The van der Waals surface area contributed by atoms with Crippen LogP contribution >= 0.6 is 0 Å². The lowest BCUT2D eigenvalue weighted by atomic mass is 9.86. The Balaban J connectivity index is 2.03. The van der Waals surface area contributed by atoms with Crippen molar-refractivity contribution in [1.82, 2.24) is 4.90 Å². The summed E-state index contributed by atoms with van der Waals surface area (Å²) < 4.78 is 39.1. The van der Waals surface area contributed by atoms with Crippen molar-refractivity contribution in [1.29, 1.82) is 0 Å². The SMILES string of the molecule is COc1cc(OC)c(F)c(C2CC=CN(C3CCC3)C2=O)c1F. The summed E-state index contributed by atoms with van der Waals surface area (Å²) in [5, 5.41) is 0. The van der Waals surface area contributed by atoms with Crippen LogP contribution in [0.4, 0.5) is 8.78 Å². The molecule has 0 spiro atoms. The Labute approximate surface area is 133 Å². The smallest absolute Gasteiger partial charge is 0.234 e. The molecule has 124 valence electrons. The van der Waals surface area contributed by atoms with Gasteiger partial charge < -0.3 is 14.4 Å². The van der Waals surface area contributed by atoms with Gasteiger partial charge in [0.2, 0.25) is 5.91 Å². The molecule has 1 saturated carbocycles. The summed E-state index contributed by atoms with van der Waals surface area (Å²) in [6.07, 6.45) is 6.70. The van der Waals surface area contributed by atoms with Crippen molar-refractivity contribution in [3.8, 4) is 11.5 Å². The van der Waals surface area contributed by atoms with Crippen molar-refractivity contribution in [2.45, 2.75) is 37.6 Å². The van der Waals surface area contributed by atoms with E-state index in [2.05, 4.69) is 0 Å². The van der Waals surface area contributed by atoms with E-state index in [0.717, 1.165) is 25.3 Å². The first-order chi connectivity index (χ1) is 11.1.